The Labute approximate surface area is 136 Å². The summed E-state index contributed by atoms with van der Waals surface area (Å²) in [4.78, 5) is 35.9. The molecule has 1 N–H and O–H groups in total. The van der Waals surface area contributed by atoms with E-state index in [1.54, 1.807) is 24.3 Å². The number of benzene rings is 2. The molecule has 1 heterocycles. The van der Waals surface area contributed by atoms with Gasteiger partial charge in [0, 0.05) is 16.5 Å². The summed E-state index contributed by atoms with van der Waals surface area (Å²) in [7, 11) is 0. The first-order chi connectivity index (χ1) is 9.09. The number of hydrogen-bond acceptors (Lipinski definition) is 3. The topological polar surface area (TPSA) is 74.7 Å². The van der Waals surface area contributed by atoms with Gasteiger partial charge in [-0.3, -0.25) is 19.3 Å². The summed E-state index contributed by atoms with van der Waals surface area (Å²) in [6.45, 7) is -0.623. The minimum absolute atomic E-state index is 0. The van der Waals surface area contributed by atoms with Gasteiger partial charge in [-0.2, -0.15) is 0 Å². The molecule has 0 spiro atoms. The molecule has 1 aliphatic rings. The van der Waals surface area contributed by atoms with Crippen molar-refractivity contribution < 1.29 is 19.5 Å². The van der Waals surface area contributed by atoms with E-state index in [0.717, 1.165) is 10.3 Å². The van der Waals surface area contributed by atoms with Crippen molar-refractivity contribution in [2.75, 3.05) is 6.54 Å². The van der Waals surface area contributed by atoms with E-state index in [1.165, 1.54) is 0 Å². The molecule has 0 saturated heterocycles. The third kappa shape index (κ3) is 2.14. The van der Waals surface area contributed by atoms with Crippen molar-refractivity contribution in [1.82, 2.24) is 4.90 Å². The fourth-order valence-electron chi connectivity index (χ4n) is 2.36. The molecule has 1 aliphatic heterocycles. The summed E-state index contributed by atoms with van der Waals surface area (Å²) in [5, 5.41) is 10.2. The first-order valence-electron chi connectivity index (χ1n) is 5.69. The molecule has 2 aromatic carbocycles. The van der Waals surface area contributed by atoms with Crippen LogP contribution in [0.25, 0.3) is 10.8 Å². The molecule has 3 rings (SSSR count). The molecule has 20 heavy (non-hydrogen) atoms. The normalized spacial score (nSPS) is 13.3. The van der Waals surface area contributed by atoms with Gasteiger partial charge in [0.15, 0.2) is 0 Å². The Hall–Kier alpha value is -1.69. The van der Waals surface area contributed by atoms with Crippen LogP contribution < -0.4 is 0 Å². The fourth-order valence-corrected chi connectivity index (χ4v) is 2.36. The molecule has 0 aromatic heterocycles. The number of hydrogen-bond donors (Lipinski definition) is 1. The van der Waals surface area contributed by atoms with Crippen molar-refractivity contribution in [2.24, 2.45) is 0 Å². The van der Waals surface area contributed by atoms with Crippen molar-refractivity contribution in [2.45, 2.75) is 0 Å². The number of carboxylic acids is 1. The first kappa shape index (κ1) is 14.7. The Morgan fingerprint density at radius 1 is 1.00 bits per heavy atom. The Kier molecular flexibility index (Phi) is 3.94. The minimum atomic E-state index is -1.21. The van der Waals surface area contributed by atoms with Gasteiger partial charge in [0.2, 0.25) is 0 Å². The van der Waals surface area contributed by atoms with Crippen LogP contribution in [0.2, 0.25) is 0 Å². The van der Waals surface area contributed by atoms with E-state index < -0.39 is 24.3 Å². The number of imide groups is 1. The number of carbonyl (C=O) groups excluding carboxylic acids is 2. The van der Waals surface area contributed by atoms with E-state index in [4.69, 9.17) is 5.11 Å². The zero-order chi connectivity index (χ0) is 13.6. The van der Waals surface area contributed by atoms with Gasteiger partial charge in [-0.1, -0.05) is 24.3 Å². The molecule has 0 saturated carbocycles. The molecule has 2 aromatic rings. The van der Waals surface area contributed by atoms with Gasteiger partial charge in [0.1, 0.15) is 6.54 Å². The molecule has 0 atom stereocenters. The summed E-state index contributed by atoms with van der Waals surface area (Å²) in [5.74, 6) is -2.33. The summed E-state index contributed by atoms with van der Waals surface area (Å²) in [6.07, 6.45) is 0. The molecule has 2 amide bonds. The van der Waals surface area contributed by atoms with Crippen molar-refractivity contribution >= 4 is 58.1 Å². The fraction of sp³-hybridized carbons (Fsp3) is 0.0714. The van der Waals surface area contributed by atoms with E-state index in [1.807, 2.05) is 12.1 Å². The quantitative estimate of drug-likeness (QED) is 0.654. The van der Waals surface area contributed by atoms with Gasteiger partial charge in [-0.15, -0.1) is 0 Å². The predicted octanol–water partition coefficient (Wildman–Crippen LogP) is 0.872. The van der Waals surface area contributed by atoms with E-state index in [9.17, 15) is 14.4 Å². The predicted molar refractivity (Wildman–Crippen MR) is 74.1 cm³/mol. The number of carbonyl (C=O) groups is 3. The maximum atomic E-state index is 12.2. The van der Waals surface area contributed by atoms with E-state index in [2.05, 4.69) is 0 Å². The Bertz CT molecular complexity index is 690. The second kappa shape index (κ2) is 5.36. The van der Waals surface area contributed by atoms with Gasteiger partial charge in [0.25, 0.3) is 11.8 Å². The van der Waals surface area contributed by atoms with Crippen molar-refractivity contribution in [3.63, 3.8) is 0 Å². The molecule has 6 heteroatoms. The maximum absolute atomic E-state index is 12.2. The van der Waals surface area contributed by atoms with Gasteiger partial charge in [-0.25, -0.2) is 0 Å². The van der Waals surface area contributed by atoms with Crippen LogP contribution in [0, 0.1) is 0 Å². The van der Waals surface area contributed by atoms with Crippen LogP contribution in [-0.4, -0.2) is 63.9 Å². The summed E-state index contributed by atoms with van der Waals surface area (Å²) < 4.78 is 0. The van der Waals surface area contributed by atoms with Crippen LogP contribution >= 0.6 is 0 Å². The Balaban J connectivity index is 0.00000147. The SMILES string of the molecule is O=C(O)CN1C(=O)c2cccc3cccc(c23)C1=O.[NaH]. The number of amides is 2. The second-order valence-corrected chi connectivity index (χ2v) is 4.30. The Morgan fingerprint density at radius 3 is 1.95 bits per heavy atom. The average molecular weight is 279 g/mol. The average Bonchev–Trinajstić information content (AvgIpc) is 2.40. The van der Waals surface area contributed by atoms with Crippen LogP contribution in [0.4, 0.5) is 0 Å². The summed E-state index contributed by atoms with van der Waals surface area (Å²) in [5.41, 5.74) is 0.739. The molecule has 0 unspecified atom stereocenters. The van der Waals surface area contributed by atoms with E-state index in [0.29, 0.717) is 16.5 Å². The summed E-state index contributed by atoms with van der Waals surface area (Å²) in [6, 6.07) is 10.3. The molecule has 0 aliphatic carbocycles. The van der Waals surface area contributed by atoms with Crippen LogP contribution in [0.3, 0.4) is 0 Å². The molecular weight excluding hydrogens is 269 g/mol. The second-order valence-electron chi connectivity index (χ2n) is 4.30. The molecule has 96 valence electrons. The summed E-state index contributed by atoms with van der Waals surface area (Å²) >= 11 is 0. The number of rotatable bonds is 2. The third-order valence-electron chi connectivity index (χ3n) is 3.15. The van der Waals surface area contributed by atoms with Gasteiger partial charge in [-0.05, 0) is 17.5 Å². The molecule has 0 bridgehead atoms. The molecule has 0 radical (unpaired) electrons. The Morgan fingerprint density at radius 2 is 1.50 bits per heavy atom. The monoisotopic (exact) mass is 279 g/mol. The zero-order valence-electron chi connectivity index (χ0n) is 9.79. The van der Waals surface area contributed by atoms with Gasteiger partial charge >= 0.3 is 35.5 Å². The third-order valence-corrected chi connectivity index (χ3v) is 3.15. The van der Waals surface area contributed by atoms with Gasteiger partial charge < -0.3 is 5.11 Å². The molecule has 5 nitrogen and oxygen atoms in total. The van der Waals surface area contributed by atoms with Crippen molar-refractivity contribution in [3.8, 4) is 0 Å². The van der Waals surface area contributed by atoms with Crippen LogP contribution in [-0.2, 0) is 4.79 Å². The van der Waals surface area contributed by atoms with E-state index >= 15 is 0 Å². The van der Waals surface area contributed by atoms with Crippen LogP contribution in [0.15, 0.2) is 36.4 Å². The van der Waals surface area contributed by atoms with Gasteiger partial charge in [0.05, 0.1) is 0 Å². The van der Waals surface area contributed by atoms with E-state index in [-0.39, 0.29) is 29.6 Å². The van der Waals surface area contributed by atoms with Crippen molar-refractivity contribution in [3.05, 3.63) is 47.5 Å². The number of aliphatic carboxylic acids is 1. The zero-order valence-corrected chi connectivity index (χ0v) is 9.79. The molecular formula is C14H10NNaO4. The first-order valence-corrected chi connectivity index (χ1v) is 5.69. The van der Waals surface area contributed by atoms with Crippen LogP contribution in [0.1, 0.15) is 20.7 Å². The van der Waals surface area contributed by atoms with Crippen molar-refractivity contribution in [1.29, 1.82) is 0 Å². The standard InChI is InChI=1S/C14H9NO4.Na.H/c16-11(17)7-15-13(18)9-5-1-3-8-4-2-6-10(12(8)9)14(15)19;;/h1-6H,7H2,(H,16,17);;. The molecule has 0 fully saturated rings. The number of nitrogens with zero attached hydrogens (tertiary/aromatic N) is 1. The number of carboxylic acid groups (broad SMARTS) is 1. The van der Waals surface area contributed by atoms with Crippen LogP contribution in [0.5, 0.6) is 0 Å².